The van der Waals surface area contributed by atoms with Gasteiger partial charge in [-0.3, -0.25) is 4.79 Å². The van der Waals surface area contributed by atoms with Crippen LogP contribution < -0.4 is 5.32 Å². The molecule has 2 N–H and O–H groups in total. The number of aliphatic hydroxyl groups excluding tert-OH is 1. The maximum absolute atomic E-state index is 11.8. The van der Waals surface area contributed by atoms with E-state index in [-0.39, 0.29) is 0 Å². The minimum Gasteiger partial charge on any atom is -0.467 e. The number of carbonyl (C=O) groups excluding carboxylic acids is 2. The molecule has 2 atom stereocenters. The second-order valence-corrected chi connectivity index (χ2v) is 4.19. The molecule has 1 aromatic carbocycles. The van der Waals surface area contributed by atoms with Crippen molar-refractivity contribution in [3.63, 3.8) is 0 Å². The van der Waals surface area contributed by atoms with Crippen LogP contribution in [0, 0.1) is 0 Å². The zero-order valence-corrected chi connectivity index (χ0v) is 10.6. The number of amides is 1. The highest BCUT2D eigenvalue weighted by molar-refractivity contribution is 5.87. The summed E-state index contributed by atoms with van der Waals surface area (Å²) in [5, 5.41) is 12.7. The van der Waals surface area contributed by atoms with Crippen LogP contribution in [0.5, 0.6) is 0 Å². The zero-order valence-electron chi connectivity index (χ0n) is 10.6. The minimum atomic E-state index is -1.51. The molecule has 0 aliphatic carbocycles. The summed E-state index contributed by atoms with van der Waals surface area (Å²) < 4.78 is 4.65. The third kappa shape index (κ3) is 2.87. The van der Waals surface area contributed by atoms with Gasteiger partial charge < -0.3 is 15.2 Å². The van der Waals surface area contributed by atoms with Crippen LogP contribution >= 0.6 is 0 Å². The van der Waals surface area contributed by atoms with Gasteiger partial charge in [0.25, 0.3) is 0 Å². The third-order valence-corrected chi connectivity index (χ3v) is 2.71. The molecule has 5 heteroatoms. The normalized spacial score (nSPS) is 15.3. The van der Waals surface area contributed by atoms with E-state index in [0.29, 0.717) is 5.56 Å². The number of benzene rings is 1. The van der Waals surface area contributed by atoms with Crippen LogP contribution in [0.4, 0.5) is 0 Å². The van der Waals surface area contributed by atoms with Gasteiger partial charge in [-0.05, 0) is 12.5 Å². The Labute approximate surface area is 106 Å². The van der Waals surface area contributed by atoms with Crippen molar-refractivity contribution in [2.75, 3.05) is 7.11 Å². The molecule has 1 rings (SSSR count). The molecule has 1 amide bonds. The molecule has 0 aliphatic rings. The molecule has 0 saturated heterocycles. The molecule has 0 aliphatic heterocycles. The van der Waals surface area contributed by atoms with E-state index in [2.05, 4.69) is 10.1 Å². The summed E-state index contributed by atoms with van der Waals surface area (Å²) in [5.74, 6) is -1.12. The van der Waals surface area contributed by atoms with Crippen molar-refractivity contribution in [1.82, 2.24) is 5.32 Å². The summed E-state index contributed by atoms with van der Waals surface area (Å²) in [6.45, 7) is 2.71. The average molecular weight is 251 g/mol. The number of esters is 1. The van der Waals surface area contributed by atoms with Crippen molar-refractivity contribution < 1.29 is 19.4 Å². The highest BCUT2D eigenvalue weighted by Gasteiger charge is 2.43. The lowest BCUT2D eigenvalue weighted by Gasteiger charge is -2.32. The number of hydrogen-bond donors (Lipinski definition) is 2. The molecule has 5 nitrogen and oxygen atoms in total. The Morgan fingerprint density at radius 2 is 1.89 bits per heavy atom. The van der Waals surface area contributed by atoms with E-state index in [0.717, 1.165) is 0 Å². The zero-order chi connectivity index (χ0) is 13.8. The van der Waals surface area contributed by atoms with Crippen LogP contribution in [-0.2, 0) is 14.3 Å². The van der Waals surface area contributed by atoms with Crippen LogP contribution in [-0.4, -0.2) is 29.6 Å². The first kappa shape index (κ1) is 14.2. The molecule has 0 heterocycles. The number of ether oxygens (including phenoxy) is 1. The van der Waals surface area contributed by atoms with Gasteiger partial charge in [-0.2, -0.15) is 0 Å². The lowest BCUT2D eigenvalue weighted by molar-refractivity contribution is -0.155. The summed E-state index contributed by atoms with van der Waals surface area (Å²) in [6.07, 6.45) is -1.19. The van der Waals surface area contributed by atoms with Crippen LogP contribution in [0.1, 0.15) is 25.5 Å². The topological polar surface area (TPSA) is 75.6 Å². The van der Waals surface area contributed by atoms with Gasteiger partial charge in [0.1, 0.15) is 6.10 Å². The molecule has 0 unspecified atom stereocenters. The van der Waals surface area contributed by atoms with E-state index in [9.17, 15) is 14.7 Å². The number of hydrogen-bond acceptors (Lipinski definition) is 4. The molecule has 0 fully saturated rings. The Bertz CT molecular complexity index is 432. The molecule has 0 radical (unpaired) electrons. The third-order valence-electron chi connectivity index (χ3n) is 2.71. The molecule has 98 valence electrons. The molecule has 18 heavy (non-hydrogen) atoms. The molecular formula is C13H17NO4. The van der Waals surface area contributed by atoms with E-state index >= 15 is 0 Å². The van der Waals surface area contributed by atoms with Gasteiger partial charge in [0.15, 0.2) is 5.54 Å². The van der Waals surface area contributed by atoms with Crippen LogP contribution in [0.2, 0.25) is 0 Å². The summed E-state index contributed by atoms with van der Waals surface area (Å²) in [4.78, 5) is 23.0. The Morgan fingerprint density at radius 3 is 2.33 bits per heavy atom. The van der Waals surface area contributed by atoms with Gasteiger partial charge in [0.2, 0.25) is 5.91 Å². The number of aliphatic hydroxyl groups is 1. The standard InChI is InChI=1S/C13H17NO4/c1-9(15)14-13(2,12(17)18-3)11(16)10-7-5-4-6-8-10/h4-8,11,16H,1-3H3,(H,14,15)/t11-,13-/m1/s1. The fourth-order valence-electron chi connectivity index (χ4n) is 1.78. The molecular weight excluding hydrogens is 234 g/mol. The van der Waals surface area contributed by atoms with Gasteiger partial charge in [0.05, 0.1) is 7.11 Å². The molecule has 0 bridgehead atoms. The van der Waals surface area contributed by atoms with E-state index < -0.39 is 23.5 Å². The summed E-state index contributed by atoms with van der Waals surface area (Å²) >= 11 is 0. The minimum absolute atomic E-state index is 0.419. The Kier molecular flexibility index (Phi) is 4.44. The van der Waals surface area contributed by atoms with E-state index in [1.54, 1.807) is 30.3 Å². The van der Waals surface area contributed by atoms with Crippen molar-refractivity contribution >= 4 is 11.9 Å². The maximum Gasteiger partial charge on any atom is 0.334 e. The maximum atomic E-state index is 11.8. The highest BCUT2D eigenvalue weighted by atomic mass is 16.5. The molecule has 0 saturated carbocycles. The first-order chi connectivity index (χ1) is 8.41. The first-order valence-corrected chi connectivity index (χ1v) is 5.52. The fraction of sp³-hybridized carbons (Fsp3) is 0.385. The second kappa shape index (κ2) is 5.64. The Balaban J connectivity index is 3.11. The summed E-state index contributed by atoms with van der Waals surface area (Å²) in [7, 11) is 1.21. The molecule has 0 spiro atoms. The van der Waals surface area contributed by atoms with Crippen molar-refractivity contribution in [2.45, 2.75) is 25.5 Å². The number of carbonyl (C=O) groups is 2. The number of rotatable bonds is 4. The van der Waals surface area contributed by atoms with Gasteiger partial charge in [-0.25, -0.2) is 4.79 Å². The highest BCUT2D eigenvalue weighted by Crippen LogP contribution is 2.26. The summed E-state index contributed by atoms with van der Waals surface area (Å²) in [5.41, 5.74) is -0.985. The molecule has 1 aromatic rings. The predicted octanol–water partition coefficient (Wildman–Crippen LogP) is 0.788. The van der Waals surface area contributed by atoms with E-state index in [4.69, 9.17) is 0 Å². The van der Waals surface area contributed by atoms with Crippen LogP contribution in [0.3, 0.4) is 0 Å². The lowest BCUT2D eigenvalue weighted by Crippen LogP contribution is -2.56. The van der Waals surface area contributed by atoms with Crippen LogP contribution in [0.25, 0.3) is 0 Å². The van der Waals surface area contributed by atoms with Crippen molar-refractivity contribution in [3.05, 3.63) is 35.9 Å². The van der Waals surface area contributed by atoms with Crippen molar-refractivity contribution in [2.24, 2.45) is 0 Å². The molecule has 0 aromatic heterocycles. The van der Waals surface area contributed by atoms with Gasteiger partial charge in [0, 0.05) is 6.92 Å². The van der Waals surface area contributed by atoms with E-state index in [1.807, 2.05) is 0 Å². The van der Waals surface area contributed by atoms with Gasteiger partial charge in [-0.15, -0.1) is 0 Å². The van der Waals surface area contributed by atoms with Gasteiger partial charge >= 0.3 is 5.97 Å². The van der Waals surface area contributed by atoms with Crippen molar-refractivity contribution in [3.8, 4) is 0 Å². The monoisotopic (exact) mass is 251 g/mol. The number of methoxy groups -OCH3 is 1. The van der Waals surface area contributed by atoms with Crippen LogP contribution in [0.15, 0.2) is 30.3 Å². The lowest BCUT2D eigenvalue weighted by atomic mass is 9.89. The quantitative estimate of drug-likeness (QED) is 0.776. The smallest absolute Gasteiger partial charge is 0.334 e. The Morgan fingerprint density at radius 1 is 1.33 bits per heavy atom. The number of nitrogens with one attached hydrogen (secondary N) is 1. The fourth-order valence-corrected chi connectivity index (χ4v) is 1.78. The second-order valence-electron chi connectivity index (χ2n) is 4.19. The largest absolute Gasteiger partial charge is 0.467 e. The van der Waals surface area contributed by atoms with E-state index in [1.165, 1.54) is 21.0 Å². The van der Waals surface area contributed by atoms with Gasteiger partial charge in [-0.1, -0.05) is 30.3 Å². The first-order valence-electron chi connectivity index (χ1n) is 5.52. The summed E-state index contributed by atoms with van der Waals surface area (Å²) in [6, 6.07) is 8.62. The predicted molar refractivity (Wildman–Crippen MR) is 65.6 cm³/mol. The van der Waals surface area contributed by atoms with Crippen molar-refractivity contribution in [1.29, 1.82) is 0 Å². The SMILES string of the molecule is COC(=O)[C@](C)(NC(C)=O)[C@H](O)c1ccccc1. The Hall–Kier alpha value is -1.88. The average Bonchev–Trinajstić information content (AvgIpc) is 2.36.